The Morgan fingerprint density at radius 3 is 1.68 bits per heavy atom. The second-order valence-corrected chi connectivity index (χ2v) is 9.86. The molecule has 6 nitrogen and oxygen atoms in total. The summed E-state index contributed by atoms with van der Waals surface area (Å²) in [5.41, 5.74) is -2.64. The molecule has 6 heteroatoms. The molecular formula is C22H40O6. The Balaban J connectivity index is 2.69. The number of rotatable bonds is 9. The van der Waals surface area contributed by atoms with Crippen LogP contribution in [0.5, 0.6) is 0 Å². The van der Waals surface area contributed by atoms with Gasteiger partial charge in [0.05, 0.1) is 13.2 Å². The minimum absolute atomic E-state index is 0.387. The van der Waals surface area contributed by atoms with Crippen LogP contribution in [0.3, 0.4) is 0 Å². The van der Waals surface area contributed by atoms with E-state index in [1.165, 1.54) is 0 Å². The van der Waals surface area contributed by atoms with Gasteiger partial charge in [0.25, 0.3) is 0 Å². The first-order valence-corrected chi connectivity index (χ1v) is 10.5. The normalized spacial score (nSPS) is 17.4. The van der Waals surface area contributed by atoms with E-state index in [0.717, 1.165) is 32.1 Å². The summed E-state index contributed by atoms with van der Waals surface area (Å²) in [7, 11) is 0. The van der Waals surface area contributed by atoms with Crippen LogP contribution in [-0.2, 0) is 28.5 Å². The average Bonchev–Trinajstić information content (AvgIpc) is 3.00. The van der Waals surface area contributed by atoms with Gasteiger partial charge in [-0.3, -0.25) is 9.59 Å². The van der Waals surface area contributed by atoms with Gasteiger partial charge < -0.3 is 18.9 Å². The second kappa shape index (κ2) is 9.57. The quantitative estimate of drug-likeness (QED) is 0.315. The molecule has 0 atom stereocenters. The van der Waals surface area contributed by atoms with Crippen LogP contribution in [0.2, 0.25) is 0 Å². The molecule has 0 amide bonds. The van der Waals surface area contributed by atoms with Gasteiger partial charge in [-0.1, -0.05) is 19.8 Å². The SMILES string of the molecule is CCC1(CCCCCC(C)(C(=O)OC(C)(C)C)C(=O)OC(C)(C)C)OCCO1. The highest BCUT2D eigenvalue weighted by Gasteiger charge is 2.46. The maximum absolute atomic E-state index is 12.8. The fraction of sp³-hybridized carbons (Fsp3) is 0.909. The van der Waals surface area contributed by atoms with Gasteiger partial charge in [0.2, 0.25) is 0 Å². The van der Waals surface area contributed by atoms with Crippen LogP contribution in [0.1, 0.15) is 93.9 Å². The fourth-order valence-electron chi connectivity index (χ4n) is 3.14. The number of esters is 2. The van der Waals surface area contributed by atoms with E-state index in [9.17, 15) is 9.59 Å². The molecule has 1 aliphatic heterocycles. The smallest absolute Gasteiger partial charge is 0.323 e. The van der Waals surface area contributed by atoms with Gasteiger partial charge in [-0.2, -0.15) is 0 Å². The molecule has 164 valence electrons. The lowest BCUT2D eigenvalue weighted by Crippen LogP contribution is -2.44. The molecule has 0 N–H and O–H groups in total. The van der Waals surface area contributed by atoms with Crippen LogP contribution >= 0.6 is 0 Å². The molecule has 0 spiro atoms. The molecule has 0 saturated carbocycles. The Labute approximate surface area is 170 Å². The minimum Gasteiger partial charge on any atom is -0.459 e. The van der Waals surface area contributed by atoms with Gasteiger partial charge in [0.1, 0.15) is 11.2 Å². The van der Waals surface area contributed by atoms with E-state index in [-0.39, 0.29) is 0 Å². The van der Waals surface area contributed by atoms with Crippen molar-refractivity contribution < 1.29 is 28.5 Å². The Kier molecular flexibility index (Phi) is 8.51. The lowest BCUT2D eigenvalue weighted by molar-refractivity contribution is -0.184. The summed E-state index contributed by atoms with van der Waals surface area (Å²) in [5.74, 6) is -1.51. The largest absolute Gasteiger partial charge is 0.459 e. The number of carbonyl (C=O) groups excluding carboxylic acids is 2. The standard InChI is InChI=1S/C22H40O6/c1-9-22(25-15-16-26-22)14-12-10-11-13-21(8,17(23)27-19(2,3)4)18(24)28-20(5,6)7/h9-16H2,1-8H3. The molecule has 28 heavy (non-hydrogen) atoms. The third-order valence-electron chi connectivity index (χ3n) is 4.79. The van der Waals surface area contributed by atoms with Crippen LogP contribution in [0.25, 0.3) is 0 Å². The number of carbonyl (C=O) groups is 2. The van der Waals surface area contributed by atoms with Crippen molar-refractivity contribution in [2.45, 2.75) is 111 Å². The van der Waals surface area contributed by atoms with E-state index in [4.69, 9.17) is 18.9 Å². The topological polar surface area (TPSA) is 71.1 Å². The molecular weight excluding hydrogens is 360 g/mol. The zero-order valence-corrected chi connectivity index (χ0v) is 19.1. The molecule has 0 aliphatic carbocycles. The van der Waals surface area contributed by atoms with Crippen LogP contribution in [0.15, 0.2) is 0 Å². The molecule has 1 heterocycles. The van der Waals surface area contributed by atoms with Crippen LogP contribution < -0.4 is 0 Å². The highest BCUT2D eigenvalue weighted by atomic mass is 16.7. The Morgan fingerprint density at radius 2 is 1.29 bits per heavy atom. The zero-order chi connectivity index (χ0) is 21.6. The fourth-order valence-corrected chi connectivity index (χ4v) is 3.14. The van der Waals surface area contributed by atoms with Gasteiger partial charge in [-0.25, -0.2) is 0 Å². The zero-order valence-electron chi connectivity index (χ0n) is 19.1. The Hall–Kier alpha value is -1.14. The molecule has 0 aromatic heterocycles. The van der Waals surface area contributed by atoms with Gasteiger partial charge in [0, 0.05) is 6.42 Å². The monoisotopic (exact) mass is 400 g/mol. The van der Waals surface area contributed by atoms with Crippen molar-refractivity contribution in [3.63, 3.8) is 0 Å². The number of hydrogen-bond acceptors (Lipinski definition) is 6. The molecule has 1 aliphatic rings. The van der Waals surface area contributed by atoms with Crippen molar-refractivity contribution in [2.75, 3.05) is 13.2 Å². The summed E-state index contributed by atoms with van der Waals surface area (Å²) in [4.78, 5) is 25.6. The summed E-state index contributed by atoms with van der Waals surface area (Å²) in [6.45, 7) is 15.8. The molecule has 0 aromatic carbocycles. The average molecular weight is 401 g/mol. The predicted octanol–water partition coefficient (Wildman–Crippen LogP) is 4.78. The van der Waals surface area contributed by atoms with Crippen molar-refractivity contribution in [3.8, 4) is 0 Å². The summed E-state index contributed by atoms with van der Waals surface area (Å²) in [5, 5.41) is 0. The molecule has 0 bridgehead atoms. The van der Waals surface area contributed by atoms with Crippen molar-refractivity contribution in [1.29, 1.82) is 0 Å². The van der Waals surface area contributed by atoms with Gasteiger partial charge in [0.15, 0.2) is 11.2 Å². The number of hydrogen-bond donors (Lipinski definition) is 0. The minimum atomic E-state index is -1.32. The molecule has 1 rings (SSSR count). The van der Waals surface area contributed by atoms with E-state index >= 15 is 0 Å². The molecule has 1 saturated heterocycles. The third kappa shape index (κ3) is 7.70. The molecule has 0 radical (unpaired) electrons. The van der Waals surface area contributed by atoms with Gasteiger partial charge in [-0.15, -0.1) is 0 Å². The van der Waals surface area contributed by atoms with E-state index in [2.05, 4.69) is 6.92 Å². The van der Waals surface area contributed by atoms with E-state index in [0.29, 0.717) is 19.6 Å². The van der Waals surface area contributed by atoms with Crippen molar-refractivity contribution in [2.24, 2.45) is 5.41 Å². The van der Waals surface area contributed by atoms with Crippen molar-refractivity contribution in [1.82, 2.24) is 0 Å². The summed E-state index contributed by atoms with van der Waals surface area (Å²) in [6, 6.07) is 0. The third-order valence-corrected chi connectivity index (χ3v) is 4.79. The first-order valence-electron chi connectivity index (χ1n) is 10.5. The first kappa shape index (κ1) is 24.9. The molecule has 0 unspecified atom stereocenters. The first-order chi connectivity index (χ1) is 12.7. The van der Waals surface area contributed by atoms with Gasteiger partial charge in [-0.05, 0) is 67.7 Å². The van der Waals surface area contributed by atoms with Crippen LogP contribution in [0.4, 0.5) is 0 Å². The highest BCUT2D eigenvalue weighted by Crippen LogP contribution is 2.33. The van der Waals surface area contributed by atoms with Crippen LogP contribution in [-0.4, -0.2) is 42.1 Å². The number of unbranched alkanes of at least 4 members (excludes halogenated alkanes) is 2. The summed E-state index contributed by atoms with van der Waals surface area (Å²) in [6.07, 6.45) is 4.52. The summed E-state index contributed by atoms with van der Waals surface area (Å²) < 4.78 is 22.6. The molecule has 1 fully saturated rings. The predicted molar refractivity (Wildman–Crippen MR) is 108 cm³/mol. The maximum atomic E-state index is 12.8. The van der Waals surface area contributed by atoms with Gasteiger partial charge >= 0.3 is 11.9 Å². The second-order valence-electron chi connectivity index (χ2n) is 9.86. The lowest BCUT2D eigenvalue weighted by atomic mass is 9.84. The van der Waals surface area contributed by atoms with E-state index in [1.807, 2.05) is 0 Å². The highest BCUT2D eigenvalue weighted by molar-refractivity contribution is 5.99. The van der Waals surface area contributed by atoms with E-state index in [1.54, 1.807) is 48.5 Å². The number of ether oxygens (including phenoxy) is 4. The van der Waals surface area contributed by atoms with Crippen molar-refractivity contribution in [3.05, 3.63) is 0 Å². The molecule has 0 aromatic rings. The van der Waals surface area contributed by atoms with Crippen molar-refractivity contribution >= 4 is 11.9 Å². The lowest BCUT2D eigenvalue weighted by Gasteiger charge is -2.32. The Morgan fingerprint density at radius 1 is 0.821 bits per heavy atom. The maximum Gasteiger partial charge on any atom is 0.323 e. The Bertz CT molecular complexity index is 492. The summed E-state index contributed by atoms with van der Waals surface area (Å²) >= 11 is 0. The van der Waals surface area contributed by atoms with Crippen LogP contribution in [0, 0.1) is 5.41 Å². The van der Waals surface area contributed by atoms with E-state index < -0.39 is 34.3 Å².